The SMILES string of the molecule is C1CC1.CC(C)(C)OC(=O)N1CCC(CO)C1. The quantitative estimate of drug-likeness (QED) is 0.769. The Balaban J connectivity index is 0.000000415. The fourth-order valence-corrected chi connectivity index (χ4v) is 1.47. The number of aliphatic hydroxyl groups is 1. The molecule has 1 atom stereocenters. The maximum atomic E-state index is 11.5. The first-order valence-electron chi connectivity index (χ1n) is 6.51. The van der Waals surface area contributed by atoms with Gasteiger partial charge < -0.3 is 14.7 Å². The van der Waals surface area contributed by atoms with Gasteiger partial charge in [0.25, 0.3) is 0 Å². The molecule has 1 aliphatic carbocycles. The summed E-state index contributed by atoms with van der Waals surface area (Å²) in [4.78, 5) is 13.2. The highest BCUT2D eigenvalue weighted by Crippen LogP contribution is 2.18. The topological polar surface area (TPSA) is 49.8 Å². The molecule has 1 unspecified atom stereocenters. The number of carbonyl (C=O) groups is 1. The molecule has 2 rings (SSSR count). The van der Waals surface area contributed by atoms with Crippen molar-refractivity contribution in [2.24, 2.45) is 5.92 Å². The maximum Gasteiger partial charge on any atom is 0.410 e. The van der Waals surface area contributed by atoms with E-state index in [1.54, 1.807) is 4.90 Å². The second-order valence-electron chi connectivity index (χ2n) is 5.82. The van der Waals surface area contributed by atoms with Gasteiger partial charge in [0.15, 0.2) is 0 Å². The molecule has 0 aromatic rings. The van der Waals surface area contributed by atoms with E-state index in [1.165, 1.54) is 19.3 Å². The molecular weight excluding hydrogens is 218 g/mol. The second-order valence-corrected chi connectivity index (χ2v) is 5.82. The summed E-state index contributed by atoms with van der Waals surface area (Å²) in [6, 6.07) is 0. The Hall–Kier alpha value is -0.770. The van der Waals surface area contributed by atoms with Crippen LogP contribution in [0.5, 0.6) is 0 Å². The third kappa shape index (κ3) is 6.51. The molecule has 1 aliphatic heterocycles. The maximum absolute atomic E-state index is 11.5. The van der Waals surface area contributed by atoms with Crippen molar-refractivity contribution in [2.75, 3.05) is 19.7 Å². The number of amides is 1. The van der Waals surface area contributed by atoms with Gasteiger partial charge in [-0.05, 0) is 27.2 Å². The molecule has 1 heterocycles. The highest BCUT2D eigenvalue weighted by molar-refractivity contribution is 5.68. The summed E-state index contributed by atoms with van der Waals surface area (Å²) >= 11 is 0. The number of aliphatic hydroxyl groups excluding tert-OH is 1. The van der Waals surface area contributed by atoms with E-state index >= 15 is 0 Å². The molecule has 1 saturated carbocycles. The smallest absolute Gasteiger partial charge is 0.410 e. The first kappa shape index (κ1) is 14.3. The summed E-state index contributed by atoms with van der Waals surface area (Å²) in [5.74, 6) is 0.225. The summed E-state index contributed by atoms with van der Waals surface area (Å²) in [6.07, 6.45) is 5.10. The summed E-state index contributed by atoms with van der Waals surface area (Å²) in [5.41, 5.74) is -0.436. The lowest BCUT2D eigenvalue weighted by Gasteiger charge is -2.24. The van der Waals surface area contributed by atoms with Crippen molar-refractivity contribution < 1.29 is 14.6 Å². The van der Waals surface area contributed by atoms with Gasteiger partial charge in [0.05, 0.1) is 0 Å². The average Bonchev–Trinajstić information content (AvgIpc) is 3.01. The minimum absolute atomic E-state index is 0.152. The zero-order chi connectivity index (χ0) is 12.9. The summed E-state index contributed by atoms with van der Waals surface area (Å²) in [7, 11) is 0. The van der Waals surface area contributed by atoms with Gasteiger partial charge in [-0.15, -0.1) is 0 Å². The number of likely N-dealkylation sites (tertiary alicyclic amines) is 1. The van der Waals surface area contributed by atoms with E-state index in [0.717, 1.165) is 6.42 Å². The Morgan fingerprint density at radius 1 is 1.35 bits per heavy atom. The number of rotatable bonds is 1. The molecule has 0 aromatic heterocycles. The van der Waals surface area contributed by atoms with Crippen LogP contribution in [0.2, 0.25) is 0 Å². The molecule has 2 aliphatic rings. The van der Waals surface area contributed by atoms with Crippen LogP contribution in [0.15, 0.2) is 0 Å². The Morgan fingerprint density at radius 2 is 1.94 bits per heavy atom. The Labute approximate surface area is 104 Å². The molecule has 1 amide bonds. The molecule has 1 saturated heterocycles. The van der Waals surface area contributed by atoms with E-state index in [-0.39, 0.29) is 18.6 Å². The first-order valence-corrected chi connectivity index (χ1v) is 6.51. The molecule has 0 radical (unpaired) electrons. The van der Waals surface area contributed by atoms with Crippen LogP contribution in [0.1, 0.15) is 46.5 Å². The standard InChI is InChI=1S/C10H19NO3.C3H6/c1-10(2,3)14-9(13)11-5-4-8(6-11)7-12;1-2-3-1/h8,12H,4-7H2,1-3H3;1-3H2. The molecule has 0 aromatic carbocycles. The van der Waals surface area contributed by atoms with E-state index in [9.17, 15) is 4.79 Å². The Bertz CT molecular complexity index is 243. The minimum atomic E-state index is -0.436. The van der Waals surface area contributed by atoms with Gasteiger partial charge in [0.1, 0.15) is 5.60 Å². The number of nitrogens with zero attached hydrogens (tertiary/aromatic N) is 1. The lowest BCUT2D eigenvalue weighted by molar-refractivity contribution is 0.0284. The molecule has 2 fully saturated rings. The van der Waals surface area contributed by atoms with Gasteiger partial charge in [0, 0.05) is 25.6 Å². The monoisotopic (exact) mass is 243 g/mol. The van der Waals surface area contributed by atoms with Crippen molar-refractivity contribution in [1.29, 1.82) is 0 Å². The number of carbonyl (C=O) groups excluding carboxylic acids is 1. The van der Waals surface area contributed by atoms with Gasteiger partial charge in [0.2, 0.25) is 0 Å². The molecule has 4 heteroatoms. The largest absolute Gasteiger partial charge is 0.444 e. The van der Waals surface area contributed by atoms with Crippen molar-refractivity contribution in [3.63, 3.8) is 0 Å². The van der Waals surface area contributed by atoms with E-state index in [4.69, 9.17) is 9.84 Å². The van der Waals surface area contributed by atoms with Crippen molar-refractivity contribution in [1.82, 2.24) is 4.90 Å². The average molecular weight is 243 g/mol. The molecule has 0 spiro atoms. The molecule has 0 bridgehead atoms. The zero-order valence-electron chi connectivity index (χ0n) is 11.2. The predicted octanol–water partition coefficient (Wildman–Crippen LogP) is 2.41. The summed E-state index contributed by atoms with van der Waals surface area (Å²) in [6.45, 7) is 7.02. The lowest BCUT2D eigenvalue weighted by atomic mass is 10.1. The van der Waals surface area contributed by atoms with Gasteiger partial charge in [-0.3, -0.25) is 0 Å². The lowest BCUT2D eigenvalue weighted by Crippen LogP contribution is -2.35. The third-order valence-electron chi connectivity index (χ3n) is 2.55. The van der Waals surface area contributed by atoms with Crippen molar-refractivity contribution in [3.05, 3.63) is 0 Å². The van der Waals surface area contributed by atoms with Crippen molar-refractivity contribution in [2.45, 2.75) is 52.1 Å². The molecule has 100 valence electrons. The molecule has 4 nitrogen and oxygen atoms in total. The van der Waals surface area contributed by atoms with E-state index in [2.05, 4.69) is 0 Å². The molecule has 17 heavy (non-hydrogen) atoms. The van der Waals surface area contributed by atoms with Crippen LogP contribution in [-0.2, 0) is 4.74 Å². The molecular formula is C13H25NO3. The van der Waals surface area contributed by atoms with Gasteiger partial charge >= 0.3 is 6.09 Å². The van der Waals surface area contributed by atoms with Crippen LogP contribution in [0.4, 0.5) is 4.79 Å². The van der Waals surface area contributed by atoms with E-state index in [0.29, 0.717) is 13.1 Å². The Kier molecular flexibility index (Phi) is 5.25. The number of hydrogen-bond acceptors (Lipinski definition) is 3. The van der Waals surface area contributed by atoms with Crippen LogP contribution in [0.25, 0.3) is 0 Å². The Morgan fingerprint density at radius 3 is 2.29 bits per heavy atom. The minimum Gasteiger partial charge on any atom is -0.444 e. The van der Waals surface area contributed by atoms with Gasteiger partial charge in [-0.2, -0.15) is 0 Å². The van der Waals surface area contributed by atoms with Gasteiger partial charge in [-0.25, -0.2) is 4.79 Å². The summed E-state index contributed by atoms with van der Waals surface area (Å²) in [5, 5.41) is 8.92. The van der Waals surface area contributed by atoms with Crippen LogP contribution < -0.4 is 0 Å². The fourth-order valence-electron chi connectivity index (χ4n) is 1.47. The predicted molar refractivity (Wildman–Crippen MR) is 66.9 cm³/mol. The van der Waals surface area contributed by atoms with Crippen LogP contribution in [-0.4, -0.2) is 41.4 Å². The molecule has 1 N–H and O–H groups in total. The highest BCUT2D eigenvalue weighted by atomic mass is 16.6. The van der Waals surface area contributed by atoms with Crippen LogP contribution >= 0.6 is 0 Å². The number of hydrogen-bond donors (Lipinski definition) is 1. The first-order chi connectivity index (χ1) is 7.92. The highest BCUT2D eigenvalue weighted by Gasteiger charge is 2.29. The van der Waals surface area contributed by atoms with E-state index in [1.807, 2.05) is 20.8 Å². The second kappa shape index (κ2) is 6.24. The van der Waals surface area contributed by atoms with Gasteiger partial charge in [-0.1, -0.05) is 19.3 Å². The normalized spacial score (nSPS) is 22.8. The van der Waals surface area contributed by atoms with Crippen LogP contribution in [0, 0.1) is 5.92 Å². The fraction of sp³-hybridized carbons (Fsp3) is 0.923. The van der Waals surface area contributed by atoms with Crippen molar-refractivity contribution >= 4 is 6.09 Å². The number of ether oxygens (including phenoxy) is 1. The zero-order valence-corrected chi connectivity index (χ0v) is 11.2. The summed E-state index contributed by atoms with van der Waals surface area (Å²) < 4.78 is 5.22. The third-order valence-corrected chi connectivity index (χ3v) is 2.55. The van der Waals surface area contributed by atoms with Crippen LogP contribution in [0.3, 0.4) is 0 Å². The van der Waals surface area contributed by atoms with E-state index < -0.39 is 5.60 Å². The van der Waals surface area contributed by atoms with Crippen molar-refractivity contribution in [3.8, 4) is 0 Å².